The number of benzene rings is 4. The van der Waals surface area contributed by atoms with Crippen molar-refractivity contribution in [3.63, 3.8) is 0 Å². The number of halogens is 2. The Hall–Kier alpha value is -7.27. The van der Waals surface area contributed by atoms with Crippen molar-refractivity contribution in [2.24, 2.45) is 11.3 Å². The third kappa shape index (κ3) is 10.1. The first-order valence-corrected chi connectivity index (χ1v) is 30.1. The topological polar surface area (TPSA) is 206 Å². The Morgan fingerprint density at radius 1 is 0.902 bits per heavy atom. The monoisotopic (exact) mass is 1140 g/mol. The number of piperazine rings is 1. The summed E-state index contributed by atoms with van der Waals surface area (Å²) >= 11 is 0. The fourth-order valence-electron chi connectivity index (χ4n) is 13.9. The van der Waals surface area contributed by atoms with Crippen LogP contribution in [-0.4, -0.2) is 130 Å². The molecule has 1 amide bonds. The minimum atomic E-state index is -4.74. The fraction of sp³-hybridized carbons (Fsp3) is 0.467. The van der Waals surface area contributed by atoms with Crippen LogP contribution >= 0.6 is 0 Å². The zero-order valence-corrected chi connectivity index (χ0v) is 46.9. The van der Waals surface area contributed by atoms with Crippen LogP contribution in [-0.2, 0) is 19.5 Å². The van der Waals surface area contributed by atoms with Gasteiger partial charge in [0.2, 0.25) is 5.88 Å². The lowest BCUT2D eigenvalue weighted by Crippen LogP contribution is -2.60. The van der Waals surface area contributed by atoms with E-state index >= 15 is 8.78 Å². The van der Waals surface area contributed by atoms with Gasteiger partial charge in [-0.2, -0.15) is 4.98 Å². The molecule has 4 aromatic carbocycles. The summed E-state index contributed by atoms with van der Waals surface area (Å²) in [6, 6.07) is 21.8. The number of aromatic nitrogens is 2. The second-order valence-corrected chi connectivity index (χ2v) is 25.1. The molecule has 19 nitrogen and oxygen atoms in total. The van der Waals surface area contributed by atoms with E-state index in [1.165, 1.54) is 18.2 Å². The predicted octanol–water partition coefficient (Wildman–Crippen LogP) is 9.56. The van der Waals surface area contributed by atoms with Crippen LogP contribution < -0.4 is 38.9 Å². The van der Waals surface area contributed by atoms with E-state index in [0.717, 1.165) is 80.1 Å². The van der Waals surface area contributed by atoms with E-state index < -0.39 is 49.2 Å². The normalized spacial score (nSPS) is 23.0. The lowest BCUT2D eigenvalue weighted by atomic mass is 9.59. The maximum absolute atomic E-state index is 15.6. The SMILES string of the molecule is Cc1cc(F)c(N2CCN(C3CC4(CCN(c5ccc(C(=O)NS(=O)(=O)c6cc7c(c([N+](=O)[O-])c6)N[C@H](C6CCOCC6)CO7)c(N6c7cc8cc[nH]c8nc7O[C@H]7COCC[C@@H]76)c5)CC4)C3)[C@H](c3ccccc3OC(C)C)C2)c(F)c1. The van der Waals surface area contributed by atoms with Gasteiger partial charge < -0.3 is 48.7 Å². The summed E-state index contributed by atoms with van der Waals surface area (Å²) < 4.78 is 92.7. The van der Waals surface area contributed by atoms with E-state index in [1.54, 1.807) is 19.2 Å². The molecule has 82 heavy (non-hydrogen) atoms. The summed E-state index contributed by atoms with van der Waals surface area (Å²) in [6.07, 6.45) is 6.98. The van der Waals surface area contributed by atoms with Crippen LogP contribution in [0.15, 0.2) is 90.0 Å². The Labute approximate surface area is 474 Å². The number of rotatable bonds is 12. The second kappa shape index (κ2) is 21.5. The highest BCUT2D eigenvalue weighted by Crippen LogP contribution is 2.54. The number of anilines is 5. The van der Waals surface area contributed by atoms with Crippen LogP contribution in [0.4, 0.5) is 42.9 Å². The van der Waals surface area contributed by atoms with E-state index in [0.29, 0.717) is 74.3 Å². The molecule has 13 rings (SSSR count). The first kappa shape index (κ1) is 54.0. The molecule has 5 fully saturated rings. The Kier molecular flexibility index (Phi) is 14.2. The second-order valence-electron chi connectivity index (χ2n) is 23.4. The fourth-order valence-corrected chi connectivity index (χ4v) is 14.9. The smallest absolute Gasteiger partial charge is 0.297 e. The number of aryl methyl sites for hydroxylation is 1. The largest absolute Gasteiger partial charge is 0.491 e. The first-order chi connectivity index (χ1) is 39.6. The third-order valence-electron chi connectivity index (χ3n) is 18.0. The van der Waals surface area contributed by atoms with Crippen LogP contribution in [0.2, 0.25) is 0 Å². The molecule has 6 aromatic rings. The maximum Gasteiger partial charge on any atom is 0.297 e. The van der Waals surface area contributed by atoms with Crippen molar-refractivity contribution < 1.29 is 50.6 Å². The van der Waals surface area contributed by atoms with Crippen LogP contribution in [0.3, 0.4) is 0 Å². The Morgan fingerprint density at radius 3 is 2.44 bits per heavy atom. The van der Waals surface area contributed by atoms with Gasteiger partial charge in [-0.15, -0.1) is 0 Å². The van der Waals surface area contributed by atoms with Gasteiger partial charge in [0.05, 0.1) is 51.9 Å². The highest BCUT2D eigenvalue weighted by atomic mass is 32.2. The van der Waals surface area contributed by atoms with E-state index in [-0.39, 0.29) is 77.5 Å². The molecule has 4 saturated heterocycles. The summed E-state index contributed by atoms with van der Waals surface area (Å²) in [5, 5.41) is 16.7. The Balaban J connectivity index is 0.783. The zero-order valence-electron chi connectivity index (χ0n) is 46.1. The molecule has 22 heteroatoms. The van der Waals surface area contributed by atoms with Crippen molar-refractivity contribution in [2.45, 2.75) is 107 Å². The highest BCUT2D eigenvalue weighted by molar-refractivity contribution is 7.90. The number of piperidine rings is 1. The zero-order chi connectivity index (χ0) is 56.6. The van der Waals surface area contributed by atoms with E-state index in [2.05, 4.69) is 30.9 Å². The molecule has 8 heterocycles. The summed E-state index contributed by atoms with van der Waals surface area (Å²) in [5.74, 6) is -0.817. The van der Waals surface area contributed by atoms with Crippen molar-refractivity contribution in [2.75, 3.05) is 85.8 Å². The number of carbonyl (C=O) groups is 1. The molecule has 4 atom stereocenters. The van der Waals surface area contributed by atoms with Gasteiger partial charge in [-0.05, 0) is 131 Å². The molecule has 0 bridgehead atoms. The van der Waals surface area contributed by atoms with Crippen molar-refractivity contribution in [1.82, 2.24) is 19.6 Å². The van der Waals surface area contributed by atoms with E-state index in [4.69, 9.17) is 28.7 Å². The highest BCUT2D eigenvalue weighted by Gasteiger charge is 2.51. The van der Waals surface area contributed by atoms with Gasteiger partial charge in [0, 0.05) is 93.6 Å². The molecular weight excluding hydrogens is 1080 g/mol. The number of para-hydroxylation sites is 1. The Morgan fingerprint density at radius 2 is 1.67 bits per heavy atom. The summed E-state index contributed by atoms with van der Waals surface area (Å²) in [4.78, 5) is 43.1. The number of nitro groups is 1. The molecule has 2 aromatic heterocycles. The number of H-pyrrole nitrogens is 1. The number of sulfonamides is 1. The van der Waals surface area contributed by atoms with Crippen molar-refractivity contribution in [3.8, 4) is 17.4 Å². The number of nitro benzene ring substituents is 1. The number of nitrogens with zero attached hydrogens (tertiary/aromatic N) is 6. The number of carbonyl (C=O) groups excluding carboxylic acids is 1. The first-order valence-electron chi connectivity index (χ1n) is 28.6. The van der Waals surface area contributed by atoms with Crippen molar-refractivity contribution in [1.29, 1.82) is 0 Å². The summed E-state index contributed by atoms with van der Waals surface area (Å²) in [7, 11) is -4.74. The molecule has 1 aliphatic carbocycles. The molecule has 7 aliphatic rings. The number of pyridine rings is 1. The van der Waals surface area contributed by atoms with Crippen LogP contribution in [0.1, 0.15) is 86.3 Å². The summed E-state index contributed by atoms with van der Waals surface area (Å²) in [6.45, 7) is 10.6. The van der Waals surface area contributed by atoms with Gasteiger partial charge in [0.15, 0.2) is 11.4 Å². The number of hydrogen-bond donors (Lipinski definition) is 3. The number of fused-ring (bicyclic) bond motifs is 4. The molecule has 1 spiro atoms. The molecule has 3 N–H and O–H groups in total. The van der Waals surface area contributed by atoms with E-state index in [1.807, 2.05) is 66.1 Å². The van der Waals surface area contributed by atoms with Crippen molar-refractivity contribution in [3.05, 3.63) is 123 Å². The quantitative estimate of drug-likeness (QED) is 0.0770. The number of amides is 1. The van der Waals surface area contributed by atoms with E-state index in [9.17, 15) is 23.3 Å². The molecule has 1 saturated carbocycles. The van der Waals surface area contributed by atoms with Crippen molar-refractivity contribution >= 4 is 61.1 Å². The summed E-state index contributed by atoms with van der Waals surface area (Å²) in [5.41, 5.74) is 3.75. The van der Waals surface area contributed by atoms with Gasteiger partial charge in [-0.1, -0.05) is 18.2 Å². The predicted molar refractivity (Wildman–Crippen MR) is 304 cm³/mol. The van der Waals surface area contributed by atoms with Crippen LogP contribution in [0, 0.1) is 40.0 Å². The maximum atomic E-state index is 15.6. The van der Waals surface area contributed by atoms with Gasteiger partial charge in [-0.25, -0.2) is 21.9 Å². The number of ether oxygens (including phenoxy) is 5. The average Bonchev–Trinajstić information content (AvgIpc) is 3.08. The minimum absolute atomic E-state index is 0.00290. The molecular formula is C60H67F2N9O10S. The standard InChI is InChI=1S/C60H67F2N9O10S/c1-35(2)80-52-7-5-4-6-42(52)51-32-68(56-44(61)24-36(3)25-45(56)62)19-20-69(51)40-30-60(31-40)14-17-67(18-15-60)39-8-9-43(48(27-39)70-47-13-23-78-34-54(47)81-59-50(70)26-38-10-16-63-57(38)65-59)58(72)66-82(75,76)41-28-49(71(73)74)55-53(29-41)79-33-46(64-55)37-11-21-77-22-12-37/h4-10,16,24-29,35,37,40,46-47,51,54,64H,11-15,17-23,30-34H2,1-3H3,(H,63,65)(H,66,72)/t46-,47-,51-,54-/m0/s1. The number of aromatic amines is 1. The van der Waals surface area contributed by atoms with Crippen LogP contribution in [0.25, 0.3) is 11.0 Å². The third-order valence-corrected chi connectivity index (χ3v) is 19.3. The molecule has 432 valence electrons. The van der Waals surface area contributed by atoms with Gasteiger partial charge in [-0.3, -0.25) is 19.8 Å². The number of nitrogens with one attached hydrogen (secondary N) is 3. The van der Waals surface area contributed by atoms with Crippen LogP contribution in [0.5, 0.6) is 17.4 Å². The molecule has 6 aliphatic heterocycles. The minimum Gasteiger partial charge on any atom is -0.491 e. The Bertz CT molecular complexity index is 3540. The lowest BCUT2D eigenvalue weighted by Gasteiger charge is -2.58. The number of hydrogen-bond acceptors (Lipinski definition) is 16. The average molecular weight is 1140 g/mol. The van der Waals surface area contributed by atoms with Gasteiger partial charge >= 0.3 is 0 Å². The molecule has 0 unspecified atom stereocenters. The van der Waals surface area contributed by atoms with Gasteiger partial charge in [0.25, 0.3) is 21.6 Å². The van der Waals surface area contributed by atoms with Gasteiger partial charge in [0.1, 0.15) is 47.1 Å². The molecule has 0 radical (unpaired) electrons. The lowest BCUT2D eigenvalue weighted by molar-refractivity contribution is -0.384.